The molecule has 0 atom stereocenters. The summed E-state index contributed by atoms with van der Waals surface area (Å²) in [6.07, 6.45) is 5.14. The van der Waals surface area contributed by atoms with E-state index in [-0.39, 0.29) is 11.5 Å². The lowest BCUT2D eigenvalue weighted by molar-refractivity contribution is 0.370. The molecule has 0 aliphatic carbocycles. The van der Waals surface area contributed by atoms with Crippen LogP contribution in [0, 0.1) is 19.3 Å². The van der Waals surface area contributed by atoms with Crippen molar-refractivity contribution in [3.63, 3.8) is 0 Å². The van der Waals surface area contributed by atoms with Crippen molar-refractivity contribution in [2.24, 2.45) is 0 Å². The second-order valence-corrected chi connectivity index (χ2v) is 7.06. The quantitative estimate of drug-likeness (QED) is 0.756. The molecule has 0 fully saturated rings. The Kier molecular flexibility index (Phi) is 5.37. The smallest absolute Gasteiger partial charge is 0.264 e. The van der Waals surface area contributed by atoms with Crippen LogP contribution in [0.4, 0.5) is 5.69 Å². The number of sulfonamides is 1. The third-order valence-corrected chi connectivity index (χ3v) is 5.33. The van der Waals surface area contributed by atoms with Gasteiger partial charge in [0.05, 0.1) is 17.7 Å². The van der Waals surface area contributed by atoms with E-state index in [1.54, 1.807) is 50.4 Å². The predicted octanol–water partition coefficient (Wildman–Crippen LogP) is 2.84. The average Bonchev–Trinajstić information content (AvgIpc) is 2.59. The third-order valence-electron chi connectivity index (χ3n) is 3.55. The lowest BCUT2D eigenvalue weighted by Gasteiger charge is -2.20. The van der Waals surface area contributed by atoms with E-state index in [0.29, 0.717) is 17.2 Å². The van der Waals surface area contributed by atoms with E-state index < -0.39 is 10.0 Å². The Morgan fingerprint density at radius 2 is 1.83 bits per heavy atom. The zero-order valence-corrected chi connectivity index (χ0v) is 14.6. The summed E-state index contributed by atoms with van der Waals surface area (Å²) in [5.41, 5.74) is 1.28. The van der Waals surface area contributed by atoms with Crippen LogP contribution in [0.15, 0.2) is 47.4 Å². The molecule has 0 heterocycles. The monoisotopic (exact) mass is 345 g/mol. The van der Waals surface area contributed by atoms with Gasteiger partial charge in [0.15, 0.2) is 0 Å². The van der Waals surface area contributed by atoms with Crippen molar-refractivity contribution in [2.45, 2.75) is 11.8 Å². The van der Waals surface area contributed by atoms with Gasteiger partial charge in [-0.05, 0) is 55.0 Å². The average molecular weight is 345 g/mol. The SMILES string of the molecule is C#CCOc1ccc(N(C)S(=O)(=O)c2ccc(OC)c(C)c2)cc1. The summed E-state index contributed by atoms with van der Waals surface area (Å²) in [5.74, 6) is 3.61. The van der Waals surface area contributed by atoms with Crippen molar-refractivity contribution in [1.29, 1.82) is 0 Å². The summed E-state index contributed by atoms with van der Waals surface area (Å²) in [5, 5.41) is 0. The fraction of sp³-hybridized carbons (Fsp3) is 0.222. The molecule has 0 spiro atoms. The van der Waals surface area contributed by atoms with Crippen LogP contribution >= 0.6 is 0 Å². The molecule has 0 aliphatic rings. The number of aryl methyl sites for hydroxylation is 1. The molecule has 24 heavy (non-hydrogen) atoms. The van der Waals surface area contributed by atoms with Crippen LogP contribution in [0.3, 0.4) is 0 Å². The van der Waals surface area contributed by atoms with Crippen molar-refractivity contribution in [3.8, 4) is 23.8 Å². The summed E-state index contributed by atoms with van der Waals surface area (Å²) < 4.78 is 37.2. The molecule has 2 aromatic carbocycles. The van der Waals surface area contributed by atoms with Gasteiger partial charge < -0.3 is 9.47 Å². The fourth-order valence-electron chi connectivity index (χ4n) is 2.19. The summed E-state index contributed by atoms with van der Waals surface area (Å²) in [6, 6.07) is 11.5. The first-order valence-electron chi connectivity index (χ1n) is 7.20. The number of methoxy groups -OCH3 is 1. The van der Waals surface area contributed by atoms with Crippen LogP contribution < -0.4 is 13.8 Å². The number of terminal acetylenes is 1. The molecule has 0 bridgehead atoms. The van der Waals surface area contributed by atoms with Crippen LogP contribution in [0.5, 0.6) is 11.5 Å². The topological polar surface area (TPSA) is 55.8 Å². The third kappa shape index (κ3) is 3.63. The van der Waals surface area contributed by atoms with Gasteiger partial charge in [0.25, 0.3) is 10.0 Å². The van der Waals surface area contributed by atoms with E-state index in [2.05, 4.69) is 5.92 Å². The molecule has 0 amide bonds. The summed E-state index contributed by atoms with van der Waals surface area (Å²) in [7, 11) is -0.610. The summed E-state index contributed by atoms with van der Waals surface area (Å²) >= 11 is 0. The van der Waals surface area contributed by atoms with Gasteiger partial charge in [-0.15, -0.1) is 6.42 Å². The Morgan fingerprint density at radius 1 is 1.17 bits per heavy atom. The highest BCUT2D eigenvalue weighted by Crippen LogP contribution is 2.27. The molecule has 0 aliphatic heterocycles. The Bertz CT molecular complexity index is 852. The molecule has 0 saturated carbocycles. The van der Waals surface area contributed by atoms with Gasteiger partial charge in [0, 0.05) is 7.05 Å². The van der Waals surface area contributed by atoms with Gasteiger partial charge in [-0.2, -0.15) is 0 Å². The van der Waals surface area contributed by atoms with Crippen molar-refractivity contribution in [3.05, 3.63) is 48.0 Å². The van der Waals surface area contributed by atoms with E-state index in [9.17, 15) is 8.42 Å². The molecule has 0 radical (unpaired) electrons. The fourth-order valence-corrected chi connectivity index (χ4v) is 3.47. The first-order valence-corrected chi connectivity index (χ1v) is 8.64. The van der Waals surface area contributed by atoms with Crippen LogP contribution in [0.25, 0.3) is 0 Å². The predicted molar refractivity (Wildman–Crippen MR) is 94.1 cm³/mol. The first kappa shape index (κ1) is 17.7. The maximum absolute atomic E-state index is 12.8. The van der Waals surface area contributed by atoms with E-state index in [1.165, 1.54) is 17.4 Å². The molecule has 0 saturated heterocycles. The highest BCUT2D eigenvalue weighted by molar-refractivity contribution is 7.92. The number of benzene rings is 2. The Hall–Kier alpha value is -2.65. The Morgan fingerprint density at radius 3 is 2.38 bits per heavy atom. The molecule has 0 aromatic heterocycles. The van der Waals surface area contributed by atoms with E-state index in [1.807, 2.05) is 0 Å². The van der Waals surface area contributed by atoms with Crippen LogP contribution in [-0.4, -0.2) is 29.2 Å². The maximum Gasteiger partial charge on any atom is 0.264 e. The minimum absolute atomic E-state index is 0.165. The molecular formula is C18H19NO4S. The lowest BCUT2D eigenvalue weighted by atomic mass is 10.2. The molecule has 6 heteroatoms. The highest BCUT2D eigenvalue weighted by atomic mass is 32.2. The summed E-state index contributed by atoms with van der Waals surface area (Å²) in [6.45, 7) is 1.97. The van der Waals surface area contributed by atoms with Crippen LogP contribution in [-0.2, 0) is 10.0 Å². The largest absolute Gasteiger partial charge is 0.496 e. The Balaban J connectivity index is 2.28. The molecule has 126 valence electrons. The van der Waals surface area contributed by atoms with Gasteiger partial charge in [-0.25, -0.2) is 8.42 Å². The zero-order valence-electron chi connectivity index (χ0n) is 13.8. The Labute approximate surface area is 142 Å². The normalized spacial score (nSPS) is 10.8. The summed E-state index contributed by atoms with van der Waals surface area (Å²) in [4.78, 5) is 0.205. The second kappa shape index (κ2) is 7.28. The van der Waals surface area contributed by atoms with Crippen LogP contribution in [0.1, 0.15) is 5.56 Å². The van der Waals surface area contributed by atoms with Crippen molar-refractivity contribution < 1.29 is 17.9 Å². The highest BCUT2D eigenvalue weighted by Gasteiger charge is 2.22. The minimum atomic E-state index is -3.66. The molecule has 2 aromatic rings. The van der Waals surface area contributed by atoms with E-state index in [0.717, 1.165) is 5.56 Å². The first-order chi connectivity index (χ1) is 11.4. The maximum atomic E-state index is 12.8. The van der Waals surface area contributed by atoms with Crippen molar-refractivity contribution >= 4 is 15.7 Å². The molecule has 0 unspecified atom stereocenters. The van der Waals surface area contributed by atoms with Gasteiger partial charge in [0.1, 0.15) is 18.1 Å². The van der Waals surface area contributed by atoms with Crippen molar-refractivity contribution in [2.75, 3.05) is 25.1 Å². The molecule has 0 N–H and O–H groups in total. The standard InChI is InChI=1S/C18H19NO4S/c1-5-12-23-16-8-6-15(7-9-16)19(3)24(20,21)17-10-11-18(22-4)14(2)13-17/h1,6-11,13H,12H2,2-4H3. The van der Waals surface area contributed by atoms with Gasteiger partial charge in [-0.3, -0.25) is 4.31 Å². The molecular weight excluding hydrogens is 326 g/mol. The molecule has 5 nitrogen and oxygen atoms in total. The number of ether oxygens (including phenoxy) is 2. The number of hydrogen-bond acceptors (Lipinski definition) is 4. The minimum Gasteiger partial charge on any atom is -0.496 e. The lowest BCUT2D eigenvalue weighted by Crippen LogP contribution is -2.26. The number of hydrogen-bond donors (Lipinski definition) is 0. The number of nitrogens with zero attached hydrogens (tertiary/aromatic N) is 1. The van der Waals surface area contributed by atoms with E-state index >= 15 is 0 Å². The van der Waals surface area contributed by atoms with Gasteiger partial charge >= 0.3 is 0 Å². The zero-order chi connectivity index (χ0) is 17.7. The van der Waals surface area contributed by atoms with Gasteiger partial charge in [0.2, 0.25) is 0 Å². The second-order valence-electron chi connectivity index (χ2n) is 5.09. The number of rotatable bonds is 6. The molecule has 2 rings (SSSR count). The van der Waals surface area contributed by atoms with Crippen LogP contribution in [0.2, 0.25) is 0 Å². The van der Waals surface area contributed by atoms with E-state index in [4.69, 9.17) is 15.9 Å². The van der Waals surface area contributed by atoms with Crippen molar-refractivity contribution in [1.82, 2.24) is 0 Å². The number of anilines is 1. The van der Waals surface area contributed by atoms with Gasteiger partial charge in [-0.1, -0.05) is 5.92 Å².